The van der Waals surface area contributed by atoms with Crippen molar-refractivity contribution in [1.82, 2.24) is 4.90 Å². The van der Waals surface area contributed by atoms with Crippen LogP contribution in [0.3, 0.4) is 0 Å². The lowest BCUT2D eigenvalue weighted by atomic mass is 9.85. The highest BCUT2D eigenvalue weighted by molar-refractivity contribution is 6.24. The van der Waals surface area contributed by atoms with Gasteiger partial charge in [-0.1, -0.05) is 38.1 Å². The number of hydrogen-bond acceptors (Lipinski definition) is 11. The molecule has 5 N–H and O–H groups in total. The molecule has 1 aliphatic carbocycles. The molecule has 0 radical (unpaired) electrons. The Morgan fingerprint density at radius 2 is 1.68 bits per heavy atom. The van der Waals surface area contributed by atoms with E-state index in [1.807, 2.05) is 6.92 Å². The summed E-state index contributed by atoms with van der Waals surface area (Å²) in [5.41, 5.74) is 12.0. The lowest BCUT2D eigenvalue weighted by Crippen LogP contribution is -2.41. The summed E-state index contributed by atoms with van der Waals surface area (Å²) >= 11 is 0. The van der Waals surface area contributed by atoms with E-state index in [-0.39, 0.29) is 65.5 Å². The number of fused-ring (bicyclic) bond motifs is 2. The molecule has 0 aromatic heterocycles. The van der Waals surface area contributed by atoms with Crippen molar-refractivity contribution in [2.75, 3.05) is 27.9 Å². The fourth-order valence-electron chi connectivity index (χ4n) is 6.36. The first-order valence-corrected chi connectivity index (χ1v) is 16.5. The zero-order valence-corrected chi connectivity index (χ0v) is 29.8. The second kappa shape index (κ2) is 17.9. The van der Waals surface area contributed by atoms with Gasteiger partial charge in [-0.3, -0.25) is 24.1 Å². The quantitative estimate of drug-likeness (QED) is 0.214. The van der Waals surface area contributed by atoms with Gasteiger partial charge >= 0.3 is 6.09 Å². The van der Waals surface area contributed by atoms with E-state index in [2.05, 4.69) is 0 Å². The van der Waals surface area contributed by atoms with Crippen molar-refractivity contribution < 1.29 is 48.0 Å². The van der Waals surface area contributed by atoms with Crippen LogP contribution in [-0.4, -0.2) is 91.6 Å². The van der Waals surface area contributed by atoms with Gasteiger partial charge in [0.05, 0.1) is 48.9 Å². The van der Waals surface area contributed by atoms with Crippen LogP contribution in [0.4, 0.5) is 4.79 Å². The summed E-state index contributed by atoms with van der Waals surface area (Å²) in [6.45, 7) is 6.31. The fourth-order valence-corrected chi connectivity index (χ4v) is 6.36. The number of ketones is 3. The Bertz CT molecular complexity index is 1590. The minimum Gasteiger partial charge on any atom is -0.496 e. The van der Waals surface area contributed by atoms with Crippen LogP contribution in [0.25, 0.3) is 0 Å². The number of Topliss-reactive ketones (excluding diaryl/α,β-unsaturated/α-hetero) is 2. The van der Waals surface area contributed by atoms with Crippen LogP contribution < -0.4 is 16.2 Å². The zero-order chi connectivity index (χ0) is 37.3. The summed E-state index contributed by atoms with van der Waals surface area (Å²) in [4.78, 5) is 68.1. The Morgan fingerprint density at radius 3 is 2.30 bits per heavy atom. The lowest BCUT2D eigenvalue weighted by molar-refractivity contribution is -0.128. The van der Waals surface area contributed by atoms with Crippen LogP contribution in [-0.2, 0) is 28.6 Å². The largest absolute Gasteiger partial charge is 0.496 e. The second-order valence-corrected chi connectivity index (χ2v) is 12.8. The molecule has 2 aliphatic rings. The molecule has 13 heteroatoms. The average Bonchev–Trinajstić information content (AvgIpc) is 3.09. The molecule has 0 fully saturated rings. The first-order valence-electron chi connectivity index (χ1n) is 16.5. The number of hydrogen-bond donors (Lipinski definition) is 3. The normalized spacial score (nSPS) is 28.3. The monoisotopic (exact) mass is 695 g/mol. The van der Waals surface area contributed by atoms with Gasteiger partial charge in [-0.05, 0) is 63.2 Å². The minimum atomic E-state index is -1.01. The Kier molecular flexibility index (Phi) is 14.3. The van der Waals surface area contributed by atoms with Gasteiger partial charge in [0.25, 0.3) is 5.91 Å². The number of methoxy groups -OCH3 is 3. The van der Waals surface area contributed by atoms with Crippen molar-refractivity contribution >= 4 is 29.4 Å². The highest BCUT2D eigenvalue weighted by Crippen LogP contribution is 2.31. The Balaban J connectivity index is 2.15. The van der Waals surface area contributed by atoms with E-state index in [0.29, 0.717) is 5.57 Å². The number of amides is 2. The summed E-state index contributed by atoms with van der Waals surface area (Å²) < 4.78 is 22.2. The Morgan fingerprint density at radius 1 is 1.02 bits per heavy atom. The third-order valence-electron chi connectivity index (χ3n) is 9.12. The molecule has 50 heavy (non-hydrogen) atoms. The van der Waals surface area contributed by atoms with Crippen LogP contribution >= 0.6 is 0 Å². The van der Waals surface area contributed by atoms with Gasteiger partial charge < -0.3 is 35.5 Å². The number of nitrogens with zero attached hydrogens (tertiary/aromatic N) is 1. The van der Waals surface area contributed by atoms with Gasteiger partial charge in [-0.2, -0.15) is 0 Å². The number of rotatable bonds is 7. The maximum absolute atomic E-state index is 14.1. The molecular formula is C37H49N3O10. The zero-order valence-electron chi connectivity index (χ0n) is 29.8. The van der Waals surface area contributed by atoms with Gasteiger partial charge in [-0.15, -0.1) is 0 Å². The summed E-state index contributed by atoms with van der Waals surface area (Å²) in [7, 11) is 4.32. The second-order valence-electron chi connectivity index (χ2n) is 12.8. The lowest BCUT2D eigenvalue weighted by Gasteiger charge is -2.30. The number of primary amides is 1. The number of aliphatic hydroxyl groups excluding tert-OH is 1. The molecule has 1 aliphatic heterocycles. The van der Waals surface area contributed by atoms with Crippen LogP contribution in [0.15, 0.2) is 70.6 Å². The Hall–Kier alpha value is -4.59. The maximum atomic E-state index is 14.1. The van der Waals surface area contributed by atoms with Crippen LogP contribution in [0.5, 0.6) is 5.75 Å². The molecule has 1 heterocycles. The fraction of sp³-hybridized carbons (Fsp3) is 0.486. The molecule has 2 amide bonds. The number of ether oxygens (including phenoxy) is 4. The van der Waals surface area contributed by atoms with E-state index < -0.39 is 66.2 Å². The number of para-hydroxylation sites is 1. The van der Waals surface area contributed by atoms with E-state index >= 15 is 0 Å². The molecule has 1 aromatic carbocycles. The first-order chi connectivity index (χ1) is 23.6. The predicted octanol–water partition coefficient (Wildman–Crippen LogP) is 3.55. The van der Waals surface area contributed by atoms with Crippen LogP contribution in [0.1, 0.15) is 63.7 Å². The van der Waals surface area contributed by atoms with Crippen molar-refractivity contribution in [2.24, 2.45) is 23.3 Å². The van der Waals surface area contributed by atoms with Gasteiger partial charge in [0.1, 0.15) is 5.75 Å². The average molecular weight is 696 g/mol. The molecule has 13 nitrogen and oxygen atoms in total. The summed E-state index contributed by atoms with van der Waals surface area (Å²) in [6.07, 6.45) is 0.858. The van der Waals surface area contributed by atoms with E-state index in [1.165, 1.54) is 28.3 Å². The van der Waals surface area contributed by atoms with Crippen molar-refractivity contribution in [3.05, 3.63) is 76.2 Å². The van der Waals surface area contributed by atoms with E-state index in [1.54, 1.807) is 50.3 Å². The van der Waals surface area contributed by atoms with Crippen LogP contribution in [0.2, 0.25) is 0 Å². The third kappa shape index (κ3) is 9.55. The number of carbonyl (C=O) groups is 5. The van der Waals surface area contributed by atoms with Crippen molar-refractivity contribution in [3.8, 4) is 5.75 Å². The Labute approximate surface area is 292 Å². The number of aliphatic hydroxyl groups is 1. The summed E-state index contributed by atoms with van der Waals surface area (Å²) in [5, 5.41) is 11.3. The highest BCUT2D eigenvalue weighted by atomic mass is 16.6. The molecule has 0 unspecified atom stereocenters. The van der Waals surface area contributed by atoms with Gasteiger partial charge in [0, 0.05) is 37.4 Å². The van der Waals surface area contributed by atoms with Gasteiger partial charge in [0.2, 0.25) is 11.6 Å². The smallest absolute Gasteiger partial charge is 0.405 e. The summed E-state index contributed by atoms with van der Waals surface area (Å²) in [6, 6.07) is 6.48. The molecule has 2 bridgehead atoms. The SMILES string of the molecule is COc1ccccc1C(=O)CN1C(=O)/C(C)=C/CC[C@H](OC)[C@H](OC(N)=O)/C(C)=C/[C@H](C)[C@@H](O)[C@@H](OC)C[C@H](C)CC2=C(N)C(=O)C=C1C2=O. The molecule has 0 spiro atoms. The van der Waals surface area contributed by atoms with E-state index in [9.17, 15) is 29.1 Å². The van der Waals surface area contributed by atoms with Gasteiger partial charge in [-0.25, -0.2) is 4.79 Å². The van der Waals surface area contributed by atoms with Crippen molar-refractivity contribution in [2.45, 2.75) is 77.8 Å². The first kappa shape index (κ1) is 39.8. The van der Waals surface area contributed by atoms with E-state index in [0.717, 1.165) is 11.0 Å². The molecule has 1 aromatic rings. The van der Waals surface area contributed by atoms with Gasteiger partial charge in [0.15, 0.2) is 11.9 Å². The maximum Gasteiger partial charge on any atom is 0.405 e. The van der Waals surface area contributed by atoms with Crippen molar-refractivity contribution in [3.63, 3.8) is 0 Å². The van der Waals surface area contributed by atoms with E-state index in [4.69, 9.17) is 30.4 Å². The van der Waals surface area contributed by atoms with Crippen molar-refractivity contribution in [1.29, 1.82) is 0 Å². The topological polar surface area (TPSA) is 198 Å². The highest BCUT2D eigenvalue weighted by Gasteiger charge is 2.36. The molecule has 0 saturated carbocycles. The van der Waals surface area contributed by atoms with Crippen LogP contribution in [0, 0.1) is 11.8 Å². The number of benzene rings is 1. The molecular weight excluding hydrogens is 646 g/mol. The molecule has 3 rings (SSSR count). The number of carbonyl (C=O) groups excluding carboxylic acids is 5. The summed E-state index contributed by atoms with van der Waals surface area (Å²) in [5.74, 6) is -3.07. The predicted molar refractivity (Wildman–Crippen MR) is 185 cm³/mol. The molecule has 0 saturated heterocycles. The molecule has 272 valence electrons. The number of allylic oxidation sites excluding steroid dienone is 3. The number of nitrogens with two attached hydrogens (primary N) is 2. The third-order valence-corrected chi connectivity index (χ3v) is 9.12. The molecule has 6 atom stereocenters. The standard InChI is InChI=1S/C37H49N3O10/c1-20-15-25-32(38)27(41)18-26(34(25)44)40(19-28(42)24-12-8-9-13-29(24)47-5)36(45)21(2)11-10-14-30(48-6)35(50-37(39)46)23(4)17-22(3)33(43)31(16-20)49-7/h8-9,11-13,17-18,20,22,30-31,33,35,43H,10,14-16,19,38H2,1-7H3,(H2,39,46)/b21-11+,23-17+/t20-,22+,30+,31+,33-,35-/m1/s1. The minimum absolute atomic E-state index is 0.00426.